The highest BCUT2D eigenvalue weighted by Crippen LogP contribution is 2.48. The van der Waals surface area contributed by atoms with Crippen LogP contribution in [0.25, 0.3) is 0 Å². The Labute approximate surface area is 111 Å². The molecule has 4 rings (SSSR count). The average Bonchev–Trinajstić information content (AvgIpc) is 3.02. The molecule has 2 bridgehead atoms. The van der Waals surface area contributed by atoms with Gasteiger partial charge in [-0.15, -0.1) is 11.3 Å². The first-order valence-corrected chi connectivity index (χ1v) is 7.73. The van der Waals surface area contributed by atoms with E-state index in [0.717, 1.165) is 34.8 Å². The molecule has 0 spiro atoms. The van der Waals surface area contributed by atoms with Crippen LogP contribution in [-0.2, 0) is 6.54 Å². The van der Waals surface area contributed by atoms with Gasteiger partial charge in [-0.3, -0.25) is 4.90 Å². The maximum atomic E-state index is 6.02. The Morgan fingerprint density at radius 2 is 1.94 bits per heavy atom. The zero-order chi connectivity index (χ0) is 11.4. The van der Waals surface area contributed by atoms with E-state index in [1.165, 1.54) is 30.8 Å². The fraction of sp³-hybridized carbons (Fsp3) is 0.692. The van der Waals surface area contributed by atoms with Gasteiger partial charge in [-0.1, -0.05) is 11.6 Å². The molecule has 0 radical (unpaired) electrons. The van der Waals surface area contributed by atoms with E-state index in [1.54, 1.807) is 11.3 Å². The molecule has 0 amide bonds. The number of hydrogen-bond acceptors (Lipinski definition) is 3. The van der Waals surface area contributed by atoms with Crippen LogP contribution in [0.2, 0.25) is 4.34 Å². The molecule has 3 aliphatic heterocycles. The van der Waals surface area contributed by atoms with Crippen molar-refractivity contribution < 1.29 is 0 Å². The fourth-order valence-electron chi connectivity index (χ4n) is 4.25. The van der Waals surface area contributed by atoms with Gasteiger partial charge in [0, 0.05) is 23.5 Å². The Hall–Kier alpha value is -0.0900. The van der Waals surface area contributed by atoms with E-state index in [1.807, 2.05) is 6.07 Å². The molecule has 1 aromatic heterocycles. The third kappa shape index (κ3) is 1.60. The summed E-state index contributed by atoms with van der Waals surface area (Å²) in [7, 11) is 0. The number of fused-ring (bicyclic) bond motifs is 5. The van der Waals surface area contributed by atoms with E-state index in [9.17, 15) is 0 Å². The molecular formula is C13H17ClN2S. The van der Waals surface area contributed by atoms with Gasteiger partial charge in [-0.05, 0) is 49.9 Å². The SMILES string of the molecule is Clc1ccc(CN2C3CCC2C2CNCC23)s1. The largest absolute Gasteiger partial charge is 0.316 e. The van der Waals surface area contributed by atoms with Crippen LogP contribution < -0.4 is 5.32 Å². The highest BCUT2D eigenvalue weighted by molar-refractivity contribution is 7.16. The molecule has 1 N–H and O–H groups in total. The van der Waals surface area contributed by atoms with Gasteiger partial charge in [0.25, 0.3) is 0 Å². The summed E-state index contributed by atoms with van der Waals surface area (Å²) in [5.41, 5.74) is 0. The van der Waals surface area contributed by atoms with Crippen LogP contribution in [-0.4, -0.2) is 30.1 Å². The molecule has 4 unspecified atom stereocenters. The van der Waals surface area contributed by atoms with Crippen LogP contribution >= 0.6 is 22.9 Å². The van der Waals surface area contributed by atoms with Crippen LogP contribution in [0.15, 0.2) is 12.1 Å². The molecule has 4 atom stereocenters. The number of nitrogens with zero attached hydrogens (tertiary/aromatic N) is 1. The summed E-state index contributed by atoms with van der Waals surface area (Å²) in [6.07, 6.45) is 2.82. The minimum absolute atomic E-state index is 0.834. The summed E-state index contributed by atoms with van der Waals surface area (Å²) in [4.78, 5) is 4.19. The Balaban J connectivity index is 1.56. The average molecular weight is 269 g/mol. The van der Waals surface area contributed by atoms with E-state index in [-0.39, 0.29) is 0 Å². The van der Waals surface area contributed by atoms with Crippen LogP contribution in [0.5, 0.6) is 0 Å². The summed E-state index contributed by atoms with van der Waals surface area (Å²) in [6.45, 7) is 3.61. The highest BCUT2D eigenvalue weighted by Gasteiger charge is 2.54. The first-order chi connectivity index (χ1) is 8.33. The maximum Gasteiger partial charge on any atom is 0.0931 e. The second-order valence-corrected chi connectivity index (χ2v) is 7.38. The zero-order valence-corrected chi connectivity index (χ0v) is 11.3. The lowest BCUT2D eigenvalue weighted by Gasteiger charge is -2.23. The van der Waals surface area contributed by atoms with Gasteiger partial charge in [-0.2, -0.15) is 0 Å². The van der Waals surface area contributed by atoms with Crippen molar-refractivity contribution in [3.63, 3.8) is 0 Å². The predicted molar refractivity (Wildman–Crippen MR) is 71.5 cm³/mol. The standard InChI is InChI=1S/C13H17ClN2S/c14-13-4-1-8(17-13)7-16-11-2-3-12(16)10-6-15-5-9(10)11/h1,4,9-12,15H,2-3,5-7H2. The van der Waals surface area contributed by atoms with Gasteiger partial charge in [0.05, 0.1) is 4.34 Å². The quantitative estimate of drug-likeness (QED) is 0.887. The lowest BCUT2D eigenvalue weighted by atomic mass is 9.82. The molecule has 0 aliphatic carbocycles. The summed E-state index contributed by atoms with van der Waals surface area (Å²) in [5, 5.41) is 3.57. The monoisotopic (exact) mass is 268 g/mol. The van der Waals surface area contributed by atoms with Gasteiger partial charge >= 0.3 is 0 Å². The van der Waals surface area contributed by atoms with Crippen LogP contribution in [0.4, 0.5) is 0 Å². The van der Waals surface area contributed by atoms with Crippen molar-refractivity contribution in [2.75, 3.05) is 13.1 Å². The first kappa shape index (κ1) is 10.8. The Morgan fingerprint density at radius 3 is 2.53 bits per heavy atom. The third-order valence-electron chi connectivity index (χ3n) is 4.88. The van der Waals surface area contributed by atoms with E-state index in [4.69, 9.17) is 11.6 Å². The molecule has 0 aromatic carbocycles. The second kappa shape index (κ2) is 3.95. The number of hydrogen-bond donors (Lipinski definition) is 1. The van der Waals surface area contributed by atoms with Gasteiger partial charge < -0.3 is 5.32 Å². The Kier molecular flexibility index (Phi) is 2.51. The van der Waals surface area contributed by atoms with Crippen LogP contribution in [0.1, 0.15) is 17.7 Å². The molecule has 1 aromatic rings. The minimum Gasteiger partial charge on any atom is -0.316 e. The molecule has 17 heavy (non-hydrogen) atoms. The Bertz CT molecular complexity index is 415. The van der Waals surface area contributed by atoms with E-state index < -0.39 is 0 Å². The molecule has 3 saturated heterocycles. The molecule has 3 fully saturated rings. The lowest BCUT2D eigenvalue weighted by molar-refractivity contribution is 0.220. The van der Waals surface area contributed by atoms with Gasteiger partial charge in [0.15, 0.2) is 0 Å². The number of nitrogens with one attached hydrogen (secondary N) is 1. The lowest BCUT2D eigenvalue weighted by Crippen LogP contribution is -2.33. The van der Waals surface area contributed by atoms with Crippen molar-refractivity contribution in [3.05, 3.63) is 21.3 Å². The molecular weight excluding hydrogens is 252 g/mol. The zero-order valence-electron chi connectivity index (χ0n) is 9.73. The van der Waals surface area contributed by atoms with Crippen molar-refractivity contribution in [2.24, 2.45) is 11.8 Å². The van der Waals surface area contributed by atoms with E-state index in [2.05, 4.69) is 16.3 Å². The summed E-state index contributed by atoms with van der Waals surface area (Å²) >= 11 is 7.76. The third-order valence-corrected chi connectivity index (χ3v) is 6.09. The van der Waals surface area contributed by atoms with Crippen molar-refractivity contribution in [1.29, 1.82) is 0 Å². The van der Waals surface area contributed by atoms with Crippen molar-refractivity contribution in [3.8, 4) is 0 Å². The molecule has 0 saturated carbocycles. The molecule has 92 valence electrons. The summed E-state index contributed by atoms with van der Waals surface area (Å²) in [5.74, 6) is 1.84. The van der Waals surface area contributed by atoms with Gasteiger partial charge in [-0.25, -0.2) is 0 Å². The normalized spacial score (nSPS) is 40.1. The van der Waals surface area contributed by atoms with Crippen LogP contribution in [0.3, 0.4) is 0 Å². The molecule has 3 aliphatic rings. The number of rotatable bonds is 2. The number of halogens is 1. The predicted octanol–water partition coefficient (Wildman–Crippen LogP) is 2.58. The molecule has 4 heterocycles. The van der Waals surface area contributed by atoms with Gasteiger partial charge in [0.2, 0.25) is 0 Å². The van der Waals surface area contributed by atoms with Crippen molar-refractivity contribution in [2.45, 2.75) is 31.5 Å². The minimum atomic E-state index is 0.834. The van der Waals surface area contributed by atoms with E-state index >= 15 is 0 Å². The summed E-state index contributed by atoms with van der Waals surface area (Å²) < 4.78 is 0.924. The maximum absolute atomic E-state index is 6.02. The summed E-state index contributed by atoms with van der Waals surface area (Å²) in [6, 6.07) is 5.89. The van der Waals surface area contributed by atoms with E-state index in [0.29, 0.717) is 0 Å². The van der Waals surface area contributed by atoms with Crippen molar-refractivity contribution in [1.82, 2.24) is 10.2 Å². The Morgan fingerprint density at radius 1 is 1.24 bits per heavy atom. The highest BCUT2D eigenvalue weighted by atomic mass is 35.5. The number of thiophene rings is 1. The molecule has 2 nitrogen and oxygen atoms in total. The fourth-order valence-corrected chi connectivity index (χ4v) is 5.35. The molecule has 4 heteroatoms. The van der Waals surface area contributed by atoms with Crippen LogP contribution in [0, 0.1) is 11.8 Å². The van der Waals surface area contributed by atoms with Gasteiger partial charge in [0.1, 0.15) is 0 Å². The van der Waals surface area contributed by atoms with Crippen molar-refractivity contribution >= 4 is 22.9 Å². The topological polar surface area (TPSA) is 15.3 Å². The first-order valence-electron chi connectivity index (χ1n) is 6.53. The second-order valence-electron chi connectivity index (χ2n) is 5.58. The smallest absolute Gasteiger partial charge is 0.0931 e.